The molecule has 2 aromatic rings. The molecular formula is C22H26FN3O4S. The Labute approximate surface area is 181 Å². The van der Waals surface area contributed by atoms with Crippen LogP contribution in [0.3, 0.4) is 0 Å². The Morgan fingerprint density at radius 1 is 1.03 bits per heavy atom. The third kappa shape index (κ3) is 5.68. The van der Waals surface area contributed by atoms with E-state index in [-0.39, 0.29) is 16.7 Å². The summed E-state index contributed by atoms with van der Waals surface area (Å²) in [6.07, 6.45) is 1.20. The van der Waals surface area contributed by atoms with Crippen LogP contribution in [0, 0.1) is 5.82 Å². The van der Waals surface area contributed by atoms with Crippen LogP contribution >= 0.6 is 0 Å². The molecule has 0 radical (unpaired) electrons. The van der Waals surface area contributed by atoms with E-state index < -0.39 is 27.4 Å². The van der Waals surface area contributed by atoms with Gasteiger partial charge in [0.25, 0.3) is 5.91 Å². The van der Waals surface area contributed by atoms with Crippen molar-refractivity contribution in [3.63, 3.8) is 0 Å². The van der Waals surface area contributed by atoms with Crippen LogP contribution in [0.1, 0.15) is 44.0 Å². The molecule has 0 saturated carbocycles. The van der Waals surface area contributed by atoms with Gasteiger partial charge in [-0.15, -0.1) is 0 Å². The summed E-state index contributed by atoms with van der Waals surface area (Å²) in [6, 6.07) is 10.4. The molecule has 166 valence electrons. The molecule has 7 nitrogen and oxygen atoms in total. The predicted octanol–water partition coefficient (Wildman–Crippen LogP) is 3.15. The van der Waals surface area contributed by atoms with E-state index in [0.29, 0.717) is 30.6 Å². The molecule has 2 aromatic carbocycles. The van der Waals surface area contributed by atoms with Crippen molar-refractivity contribution < 1.29 is 22.4 Å². The molecule has 1 atom stereocenters. The summed E-state index contributed by atoms with van der Waals surface area (Å²) in [5.41, 5.74) is 0.136. The van der Waals surface area contributed by atoms with Crippen molar-refractivity contribution in [1.29, 1.82) is 0 Å². The molecule has 9 heteroatoms. The maximum Gasteiger partial charge on any atom is 0.254 e. The van der Waals surface area contributed by atoms with Gasteiger partial charge in [0.1, 0.15) is 11.9 Å². The number of carbonyl (C=O) groups excluding carboxylic acids is 2. The molecule has 1 saturated heterocycles. The summed E-state index contributed by atoms with van der Waals surface area (Å²) in [4.78, 5) is 27.1. The lowest BCUT2D eigenvalue weighted by Crippen LogP contribution is -2.43. The number of hydrogen-bond acceptors (Lipinski definition) is 4. The Kier molecular flexibility index (Phi) is 6.47. The molecule has 0 aliphatic carbocycles. The van der Waals surface area contributed by atoms with Gasteiger partial charge in [0.15, 0.2) is 0 Å². The molecule has 0 spiro atoms. The zero-order chi connectivity index (χ0) is 22.8. The standard InChI is InChI=1S/C22H26FN3O4S/c1-22(2,3)25-31(29,30)18-12-10-17(11-13-18)24-20(27)19-5-4-14-26(19)21(28)15-6-8-16(23)9-7-15/h6-13,19,25H,4-5,14H2,1-3H3,(H,24,27)/t19-/m0/s1. The first-order valence-electron chi connectivity index (χ1n) is 9.98. The summed E-state index contributed by atoms with van der Waals surface area (Å²) in [7, 11) is -3.67. The fraction of sp³-hybridized carbons (Fsp3) is 0.364. The lowest BCUT2D eigenvalue weighted by atomic mass is 10.1. The van der Waals surface area contributed by atoms with E-state index >= 15 is 0 Å². The first-order chi connectivity index (χ1) is 14.5. The summed E-state index contributed by atoms with van der Waals surface area (Å²) in [6.45, 7) is 5.68. The van der Waals surface area contributed by atoms with Gasteiger partial charge in [-0.25, -0.2) is 17.5 Å². The topological polar surface area (TPSA) is 95.6 Å². The molecular weight excluding hydrogens is 421 g/mol. The highest BCUT2D eigenvalue weighted by molar-refractivity contribution is 7.89. The van der Waals surface area contributed by atoms with Gasteiger partial charge in [-0.3, -0.25) is 9.59 Å². The predicted molar refractivity (Wildman–Crippen MR) is 116 cm³/mol. The zero-order valence-corrected chi connectivity index (χ0v) is 18.5. The van der Waals surface area contributed by atoms with Crippen molar-refractivity contribution >= 4 is 27.5 Å². The molecule has 1 fully saturated rings. The van der Waals surface area contributed by atoms with Crippen molar-refractivity contribution in [3.8, 4) is 0 Å². The SMILES string of the molecule is CC(C)(C)NS(=O)(=O)c1ccc(NC(=O)[C@@H]2CCCN2C(=O)c2ccc(F)cc2)cc1. The van der Waals surface area contributed by atoms with Gasteiger partial charge in [-0.1, -0.05) is 0 Å². The van der Waals surface area contributed by atoms with Crippen molar-refractivity contribution in [2.24, 2.45) is 0 Å². The van der Waals surface area contributed by atoms with Crippen LogP contribution in [0.2, 0.25) is 0 Å². The smallest absolute Gasteiger partial charge is 0.254 e. The minimum absolute atomic E-state index is 0.0920. The Morgan fingerprint density at radius 3 is 2.23 bits per heavy atom. The number of benzene rings is 2. The van der Waals surface area contributed by atoms with Gasteiger partial charge in [0.05, 0.1) is 4.90 Å². The molecule has 0 bridgehead atoms. The minimum Gasteiger partial charge on any atom is -0.327 e. The van der Waals surface area contributed by atoms with Crippen LogP contribution in [0.25, 0.3) is 0 Å². The van der Waals surface area contributed by atoms with Gasteiger partial charge in [-0.2, -0.15) is 0 Å². The van der Waals surface area contributed by atoms with Crippen LogP contribution in [-0.2, 0) is 14.8 Å². The molecule has 2 amide bonds. The molecule has 2 N–H and O–H groups in total. The van der Waals surface area contributed by atoms with E-state index in [1.165, 1.54) is 53.4 Å². The van der Waals surface area contributed by atoms with Crippen LogP contribution in [0.5, 0.6) is 0 Å². The Bertz CT molecular complexity index is 1060. The van der Waals surface area contributed by atoms with Crippen LogP contribution < -0.4 is 10.0 Å². The van der Waals surface area contributed by atoms with Crippen LogP contribution in [0.15, 0.2) is 53.4 Å². The molecule has 31 heavy (non-hydrogen) atoms. The number of rotatable bonds is 5. The largest absolute Gasteiger partial charge is 0.327 e. The second-order valence-electron chi connectivity index (χ2n) is 8.53. The number of anilines is 1. The van der Waals surface area contributed by atoms with Gasteiger partial charge in [0.2, 0.25) is 15.9 Å². The highest BCUT2D eigenvalue weighted by Gasteiger charge is 2.34. The fourth-order valence-electron chi connectivity index (χ4n) is 3.45. The van der Waals surface area contributed by atoms with E-state index in [4.69, 9.17) is 0 Å². The molecule has 0 unspecified atom stereocenters. The number of amides is 2. The summed E-state index contributed by atoms with van der Waals surface area (Å²) < 4.78 is 40.5. The number of nitrogens with one attached hydrogen (secondary N) is 2. The maximum absolute atomic E-state index is 13.1. The van der Waals surface area contributed by atoms with E-state index in [9.17, 15) is 22.4 Å². The Morgan fingerprint density at radius 2 is 1.65 bits per heavy atom. The Hall–Kier alpha value is -2.78. The first kappa shape index (κ1) is 22.9. The zero-order valence-electron chi connectivity index (χ0n) is 17.7. The van der Waals surface area contributed by atoms with Crippen LogP contribution in [-0.4, -0.2) is 43.3 Å². The van der Waals surface area contributed by atoms with E-state index in [2.05, 4.69) is 10.0 Å². The molecule has 0 aromatic heterocycles. The van der Waals surface area contributed by atoms with Gasteiger partial charge < -0.3 is 10.2 Å². The van der Waals surface area contributed by atoms with Gasteiger partial charge in [0, 0.05) is 23.3 Å². The summed E-state index contributed by atoms with van der Waals surface area (Å²) in [5, 5.41) is 2.75. The minimum atomic E-state index is -3.67. The van der Waals surface area contributed by atoms with Crippen molar-refractivity contribution in [1.82, 2.24) is 9.62 Å². The first-order valence-corrected chi connectivity index (χ1v) is 11.5. The monoisotopic (exact) mass is 447 g/mol. The number of halogens is 1. The third-order valence-electron chi connectivity index (χ3n) is 4.78. The number of likely N-dealkylation sites (tertiary alicyclic amines) is 1. The highest BCUT2D eigenvalue weighted by Crippen LogP contribution is 2.23. The highest BCUT2D eigenvalue weighted by atomic mass is 32.2. The Balaban J connectivity index is 1.69. The van der Waals surface area contributed by atoms with Crippen molar-refractivity contribution in [2.45, 2.75) is 50.1 Å². The third-order valence-corrected chi connectivity index (χ3v) is 6.55. The van der Waals surface area contributed by atoms with E-state index in [0.717, 1.165) is 0 Å². The molecule has 1 aliphatic heterocycles. The van der Waals surface area contributed by atoms with Crippen LogP contribution in [0.4, 0.5) is 10.1 Å². The summed E-state index contributed by atoms with van der Waals surface area (Å²) >= 11 is 0. The average Bonchev–Trinajstić information content (AvgIpc) is 3.16. The van der Waals surface area contributed by atoms with E-state index in [1.54, 1.807) is 20.8 Å². The molecule has 1 heterocycles. The second kappa shape index (κ2) is 8.76. The molecule has 3 rings (SSSR count). The average molecular weight is 448 g/mol. The van der Waals surface area contributed by atoms with Gasteiger partial charge in [-0.05, 0) is 82.1 Å². The second-order valence-corrected chi connectivity index (χ2v) is 10.2. The van der Waals surface area contributed by atoms with Gasteiger partial charge >= 0.3 is 0 Å². The number of nitrogens with zero attached hydrogens (tertiary/aromatic N) is 1. The molecule has 1 aliphatic rings. The van der Waals surface area contributed by atoms with Crippen molar-refractivity contribution in [3.05, 3.63) is 59.9 Å². The van der Waals surface area contributed by atoms with E-state index in [1.807, 2.05) is 0 Å². The lowest BCUT2D eigenvalue weighted by Gasteiger charge is -2.24. The number of hydrogen-bond donors (Lipinski definition) is 2. The number of sulfonamides is 1. The quantitative estimate of drug-likeness (QED) is 0.736. The lowest BCUT2D eigenvalue weighted by molar-refractivity contribution is -0.119. The maximum atomic E-state index is 13.1. The summed E-state index contributed by atoms with van der Waals surface area (Å²) in [5.74, 6) is -1.11. The normalized spacial score (nSPS) is 16.9. The van der Waals surface area contributed by atoms with Crippen molar-refractivity contribution in [2.75, 3.05) is 11.9 Å². The number of carbonyl (C=O) groups is 2. The fourth-order valence-corrected chi connectivity index (χ4v) is 4.86.